The van der Waals surface area contributed by atoms with E-state index in [1.54, 1.807) is 18.2 Å². The average molecular weight is 228 g/mol. The molecule has 6 heteroatoms. The van der Waals surface area contributed by atoms with Crippen molar-refractivity contribution >= 4 is 33.1 Å². The van der Waals surface area contributed by atoms with Gasteiger partial charge in [0, 0.05) is 6.26 Å². The first kappa shape index (κ1) is 9.42. The molecule has 0 atom stereocenters. The van der Waals surface area contributed by atoms with Gasteiger partial charge in [-0.2, -0.15) is 0 Å². The van der Waals surface area contributed by atoms with Crippen molar-refractivity contribution < 1.29 is 8.42 Å². The molecule has 74 valence electrons. The average Bonchev–Trinajstić information content (AvgIpc) is 2.41. The number of fused-ring (bicyclic) bond motifs is 1. The first-order valence-electron chi connectivity index (χ1n) is 3.89. The zero-order valence-corrected chi connectivity index (χ0v) is 9.00. The summed E-state index contributed by atoms with van der Waals surface area (Å²) >= 11 is 4.89. The highest BCUT2D eigenvalue weighted by molar-refractivity contribution is 7.91. The highest BCUT2D eigenvalue weighted by atomic mass is 32.2. The number of benzene rings is 1. The quantitative estimate of drug-likeness (QED) is 0.729. The number of hydrogen-bond donors (Lipinski definition) is 2. The summed E-state index contributed by atoms with van der Waals surface area (Å²) in [4.78, 5) is 5.95. The van der Waals surface area contributed by atoms with Crippen LogP contribution < -0.4 is 0 Å². The molecule has 0 spiro atoms. The van der Waals surface area contributed by atoms with E-state index in [2.05, 4.69) is 9.97 Å². The minimum atomic E-state index is -3.21. The van der Waals surface area contributed by atoms with Gasteiger partial charge in [0.25, 0.3) is 0 Å². The van der Waals surface area contributed by atoms with Crippen LogP contribution in [0.15, 0.2) is 23.1 Å². The van der Waals surface area contributed by atoms with Crippen LogP contribution in [0.4, 0.5) is 0 Å². The van der Waals surface area contributed by atoms with E-state index in [0.717, 1.165) is 0 Å². The SMILES string of the molecule is CS(=O)(=O)c1cccc2[nH]c(=S)[nH]c12. The van der Waals surface area contributed by atoms with Gasteiger partial charge in [-0.1, -0.05) is 6.07 Å². The lowest BCUT2D eigenvalue weighted by atomic mass is 10.3. The lowest BCUT2D eigenvalue weighted by Crippen LogP contribution is -1.97. The Labute approximate surface area is 85.9 Å². The summed E-state index contributed by atoms with van der Waals surface area (Å²) in [6.45, 7) is 0. The van der Waals surface area contributed by atoms with Gasteiger partial charge in [0.1, 0.15) is 0 Å². The molecule has 1 heterocycles. The topological polar surface area (TPSA) is 65.7 Å². The lowest BCUT2D eigenvalue weighted by molar-refractivity contribution is 0.602. The van der Waals surface area contributed by atoms with Crippen molar-refractivity contribution in [3.63, 3.8) is 0 Å². The number of sulfone groups is 1. The first-order chi connectivity index (χ1) is 6.48. The van der Waals surface area contributed by atoms with Crippen molar-refractivity contribution in [1.29, 1.82) is 0 Å². The number of imidazole rings is 1. The van der Waals surface area contributed by atoms with Crippen LogP contribution in [0.2, 0.25) is 0 Å². The number of para-hydroxylation sites is 1. The number of hydrogen-bond acceptors (Lipinski definition) is 3. The normalized spacial score (nSPS) is 12.1. The number of nitrogens with one attached hydrogen (secondary N) is 2. The van der Waals surface area contributed by atoms with Crippen molar-refractivity contribution in [2.75, 3.05) is 6.26 Å². The summed E-state index contributed by atoms with van der Waals surface area (Å²) in [5.41, 5.74) is 1.25. The Morgan fingerprint density at radius 1 is 1.29 bits per heavy atom. The fourth-order valence-electron chi connectivity index (χ4n) is 1.34. The zero-order valence-electron chi connectivity index (χ0n) is 7.37. The largest absolute Gasteiger partial charge is 0.331 e. The first-order valence-corrected chi connectivity index (χ1v) is 6.19. The van der Waals surface area contributed by atoms with Crippen LogP contribution in [0.3, 0.4) is 0 Å². The van der Waals surface area contributed by atoms with Gasteiger partial charge >= 0.3 is 0 Å². The van der Waals surface area contributed by atoms with E-state index < -0.39 is 9.84 Å². The molecule has 2 N–H and O–H groups in total. The molecule has 0 saturated heterocycles. The van der Waals surface area contributed by atoms with E-state index in [9.17, 15) is 8.42 Å². The predicted octanol–water partition coefficient (Wildman–Crippen LogP) is 1.63. The Kier molecular flexibility index (Phi) is 1.97. The number of H-pyrrole nitrogens is 2. The molecule has 2 aromatic rings. The van der Waals surface area contributed by atoms with Crippen molar-refractivity contribution in [2.45, 2.75) is 4.90 Å². The molecule has 0 aliphatic rings. The molecule has 1 aromatic heterocycles. The van der Waals surface area contributed by atoms with Crippen molar-refractivity contribution in [1.82, 2.24) is 9.97 Å². The third-order valence-corrected chi connectivity index (χ3v) is 3.26. The fourth-order valence-corrected chi connectivity index (χ4v) is 2.41. The molecule has 2 rings (SSSR count). The van der Waals surface area contributed by atoms with Crippen LogP contribution in [0, 0.1) is 4.77 Å². The second kappa shape index (κ2) is 2.93. The molecule has 14 heavy (non-hydrogen) atoms. The van der Waals surface area contributed by atoms with Crippen LogP contribution >= 0.6 is 12.2 Å². The Balaban J connectivity index is 2.98. The third kappa shape index (κ3) is 1.46. The summed E-state index contributed by atoms with van der Waals surface area (Å²) in [7, 11) is -3.21. The van der Waals surface area contributed by atoms with E-state index in [4.69, 9.17) is 12.2 Å². The second-order valence-corrected chi connectivity index (χ2v) is 5.42. The molecule has 0 bridgehead atoms. The fraction of sp³-hybridized carbons (Fsp3) is 0.125. The van der Waals surface area contributed by atoms with E-state index in [1.165, 1.54) is 6.26 Å². The summed E-state index contributed by atoms with van der Waals surface area (Å²) in [6, 6.07) is 5.00. The number of rotatable bonds is 1. The van der Waals surface area contributed by atoms with Gasteiger partial charge in [0.05, 0.1) is 15.9 Å². The highest BCUT2D eigenvalue weighted by Crippen LogP contribution is 2.19. The maximum absolute atomic E-state index is 11.4. The molecule has 0 aliphatic heterocycles. The van der Waals surface area contributed by atoms with Crippen LogP contribution in [0.5, 0.6) is 0 Å². The molecule has 0 unspecified atom stereocenters. The Bertz CT molecular complexity index is 637. The Morgan fingerprint density at radius 2 is 2.00 bits per heavy atom. The molecule has 0 saturated carbocycles. The van der Waals surface area contributed by atoms with Crippen LogP contribution in [-0.2, 0) is 9.84 Å². The van der Waals surface area contributed by atoms with Gasteiger partial charge in [-0.15, -0.1) is 0 Å². The van der Waals surface area contributed by atoms with E-state index in [-0.39, 0.29) is 4.90 Å². The number of aromatic nitrogens is 2. The zero-order chi connectivity index (χ0) is 10.3. The minimum Gasteiger partial charge on any atom is -0.331 e. The Hall–Kier alpha value is -1.14. The summed E-state index contributed by atoms with van der Waals surface area (Å²) < 4.78 is 23.2. The molecular weight excluding hydrogens is 220 g/mol. The lowest BCUT2D eigenvalue weighted by Gasteiger charge is -1.98. The summed E-state index contributed by atoms with van der Waals surface area (Å²) in [6.07, 6.45) is 1.17. The van der Waals surface area contributed by atoms with E-state index in [1.807, 2.05) is 0 Å². The standard InChI is InChI=1S/C8H8N2O2S2/c1-14(11,12)6-4-2-3-5-7(6)10-8(13)9-5/h2-4H,1H3,(H2,9,10,13). The molecule has 1 aromatic carbocycles. The predicted molar refractivity (Wildman–Crippen MR) is 56.6 cm³/mol. The van der Waals surface area contributed by atoms with Crippen molar-refractivity contribution in [3.05, 3.63) is 23.0 Å². The van der Waals surface area contributed by atoms with Crippen LogP contribution in [-0.4, -0.2) is 24.6 Å². The summed E-state index contributed by atoms with van der Waals surface area (Å²) in [5.74, 6) is 0. The smallest absolute Gasteiger partial charge is 0.177 e. The van der Waals surface area contributed by atoms with Gasteiger partial charge in [0.15, 0.2) is 14.6 Å². The van der Waals surface area contributed by atoms with Crippen molar-refractivity contribution in [2.24, 2.45) is 0 Å². The van der Waals surface area contributed by atoms with Gasteiger partial charge in [-0.25, -0.2) is 8.42 Å². The second-order valence-electron chi connectivity index (χ2n) is 3.03. The van der Waals surface area contributed by atoms with E-state index in [0.29, 0.717) is 15.8 Å². The molecular formula is C8H8N2O2S2. The van der Waals surface area contributed by atoms with E-state index >= 15 is 0 Å². The molecule has 0 fully saturated rings. The Morgan fingerprint density at radius 3 is 2.64 bits per heavy atom. The molecule has 4 nitrogen and oxygen atoms in total. The van der Waals surface area contributed by atoms with Crippen LogP contribution in [0.25, 0.3) is 11.0 Å². The van der Waals surface area contributed by atoms with Gasteiger partial charge in [-0.3, -0.25) is 0 Å². The number of aromatic amines is 2. The summed E-state index contributed by atoms with van der Waals surface area (Å²) in [5, 5.41) is 0. The monoisotopic (exact) mass is 228 g/mol. The van der Waals surface area contributed by atoms with Crippen molar-refractivity contribution in [3.8, 4) is 0 Å². The molecule has 0 amide bonds. The maximum atomic E-state index is 11.4. The maximum Gasteiger partial charge on any atom is 0.177 e. The van der Waals surface area contributed by atoms with Gasteiger partial charge in [-0.05, 0) is 24.4 Å². The molecule has 0 radical (unpaired) electrons. The minimum absolute atomic E-state index is 0.266. The highest BCUT2D eigenvalue weighted by Gasteiger charge is 2.12. The third-order valence-electron chi connectivity index (χ3n) is 1.91. The van der Waals surface area contributed by atoms with Gasteiger partial charge < -0.3 is 9.97 Å². The molecule has 0 aliphatic carbocycles. The van der Waals surface area contributed by atoms with Crippen LogP contribution in [0.1, 0.15) is 0 Å². The van der Waals surface area contributed by atoms with Gasteiger partial charge in [0.2, 0.25) is 0 Å².